The summed E-state index contributed by atoms with van der Waals surface area (Å²) in [6.45, 7) is 0. The van der Waals surface area contributed by atoms with Gasteiger partial charge in [0.1, 0.15) is 0 Å². The van der Waals surface area contributed by atoms with Crippen LogP contribution in [0.1, 0.15) is 0 Å². The molecular formula is C8H5IS. The van der Waals surface area contributed by atoms with E-state index in [1.165, 1.54) is 13.7 Å². The van der Waals surface area contributed by atoms with Crippen LogP contribution in [-0.2, 0) is 0 Å². The first-order chi connectivity index (χ1) is 4.88. The molecule has 0 saturated heterocycles. The van der Waals surface area contributed by atoms with Crippen molar-refractivity contribution in [2.45, 2.75) is 0 Å². The summed E-state index contributed by atoms with van der Waals surface area (Å²) in [4.78, 5) is 0. The van der Waals surface area contributed by atoms with Crippen LogP contribution in [0.15, 0.2) is 29.6 Å². The number of fused-ring (bicyclic) bond motifs is 1. The van der Waals surface area contributed by atoms with Gasteiger partial charge in [0, 0.05) is 19.0 Å². The highest BCUT2D eigenvalue weighted by atomic mass is 127. The maximum Gasteiger partial charge on any atom is 0.0353 e. The third-order valence-electron chi connectivity index (χ3n) is 1.43. The predicted molar refractivity (Wildman–Crippen MR) is 54.5 cm³/mol. The van der Waals surface area contributed by atoms with Gasteiger partial charge in [0.05, 0.1) is 0 Å². The molecule has 0 bridgehead atoms. The first-order valence-electron chi connectivity index (χ1n) is 2.99. The van der Waals surface area contributed by atoms with Gasteiger partial charge in [-0.25, -0.2) is 0 Å². The number of rotatable bonds is 0. The first-order valence-corrected chi connectivity index (χ1v) is 4.95. The van der Waals surface area contributed by atoms with E-state index in [4.69, 9.17) is 0 Å². The van der Waals surface area contributed by atoms with Gasteiger partial charge >= 0.3 is 0 Å². The van der Waals surface area contributed by atoms with Gasteiger partial charge in [-0.2, -0.15) is 0 Å². The SMILES string of the molecule is Ic1csc2ccccc12. The number of benzene rings is 1. The molecule has 0 aliphatic heterocycles. The Bertz CT molecular complexity index is 351. The summed E-state index contributed by atoms with van der Waals surface area (Å²) < 4.78 is 2.74. The molecule has 0 aliphatic carbocycles. The molecule has 0 saturated carbocycles. The van der Waals surface area contributed by atoms with Crippen molar-refractivity contribution < 1.29 is 0 Å². The van der Waals surface area contributed by atoms with Gasteiger partial charge in [-0.3, -0.25) is 0 Å². The molecule has 50 valence electrons. The normalized spacial score (nSPS) is 10.5. The van der Waals surface area contributed by atoms with E-state index < -0.39 is 0 Å². The zero-order chi connectivity index (χ0) is 6.97. The molecule has 0 spiro atoms. The lowest BCUT2D eigenvalue weighted by atomic mass is 10.3. The molecule has 0 aliphatic rings. The molecule has 2 heteroatoms. The summed E-state index contributed by atoms with van der Waals surface area (Å²) in [5.41, 5.74) is 0. The lowest BCUT2D eigenvalue weighted by Gasteiger charge is -1.85. The zero-order valence-corrected chi connectivity index (χ0v) is 8.15. The van der Waals surface area contributed by atoms with Crippen LogP contribution in [0.5, 0.6) is 0 Å². The topological polar surface area (TPSA) is 0 Å². The summed E-state index contributed by atoms with van der Waals surface area (Å²) in [6.07, 6.45) is 0. The van der Waals surface area contributed by atoms with Crippen LogP contribution >= 0.6 is 33.9 Å². The Morgan fingerprint density at radius 1 is 1.20 bits per heavy atom. The third kappa shape index (κ3) is 0.953. The molecule has 1 aromatic carbocycles. The van der Waals surface area contributed by atoms with E-state index in [0.717, 1.165) is 0 Å². The van der Waals surface area contributed by atoms with Crippen LogP contribution in [0.3, 0.4) is 0 Å². The van der Waals surface area contributed by atoms with Crippen molar-refractivity contribution in [2.75, 3.05) is 0 Å². The van der Waals surface area contributed by atoms with E-state index in [-0.39, 0.29) is 0 Å². The summed E-state index contributed by atoms with van der Waals surface area (Å²) in [5, 5.41) is 3.57. The molecule has 0 atom stereocenters. The van der Waals surface area contributed by atoms with Crippen molar-refractivity contribution in [2.24, 2.45) is 0 Å². The summed E-state index contributed by atoms with van der Waals surface area (Å²) in [5.74, 6) is 0. The molecule has 2 rings (SSSR count). The van der Waals surface area contributed by atoms with Crippen molar-refractivity contribution in [3.05, 3.63) is 33.2 Å². The number of hydrogen-bond donors (Lipinski definition) is 0. The average Bonchev–Trinajstić information content (AvgIpc) is 2.34. The average molecular weight is 260 g/mol. The van der Waals surface area contributed by atoms with Gasteiger partial charge in [0.15, 0.2) is 0 Å². The first kappa shape index (κ1) is 6.61. The zero-order valence-electron chi connectivity index (χ0n) is 5.17. The molecule has 0 fully saturated rings. The molecule has 10 heavy (non-hydrogen) atoms. The smallest absolute Gasteiger partial charge is 0.0353 e. The van der Waals surface area contributed by atoms with Crippen LogP contribution < -0.4 is 0 Å². The minimum absolute atomic E-state index is 1.36. The molecule has 0 radical (unpaired) electrons. The highest BCUT2D eigenvalue weighted by molar-refractivity contribution is 14.1. The van der Waals surface area contributed by atoms with Crippen molar-refractivity contribution >= 4 is 44.0 Å². The monoisotopic (exact) mass is 260 g/mol. The fraction of sp³-hybridized carbons (Fsp3) is 0. The standard InChI is InChI=1S/C8H5IS/c9-7-5-10-8-4-2-1-3-6(7)8/h1-5H. The lowest BCUT2D eigenvalue weighted by molar-refractivity contribution is 1.83. The van der Waals surface area contributed by atoms with Crippen molar-refractivity contribution in [1.82, 2.24) is 0 Å². The second-order valence-corrected chi connectivity index (χ2v) is 4.15. The van der Waals surface area contributed by atoms with Crippen molar-refractivity contribution in [1.29, 1.82) is 0 Å². The fourth-order valence-corrected chi connectivity index (χ4v) is 2.80. The quantitative estimate of drug-likeness (QED) is 0.636. The van der Waals surface area contributed by atoms with Gasteiger partial charge in [-0.1, -0.05) is 18.2 Å². The van der Waals surface area contributed by atoms with Crippen molar-refractivity contribution in [3.63, 3.8) is 0 Å². The van der Waals surface area contributed by atoms with E-state index >= 15 is 0 Å². The fourth-order valence-electron chi connectivity index (χ4n) is 0.945. The Morgan fingerprint density at radius 3 is 2.80 bits per heavy atom. The second-order valence-electron chi connectivity index (χ2n) is 2.08. The minimum atomic E-state index is 1.36. The van der Waals surface area contributed by atoms with Crippen LogP contribution in [0.4, 0.5) is 0 Å². The predicted octanol–water partition coefficient (Wildman–Crippen LogP) is 3.51. The maximum absolute atomic E-state index is 2.36. The van der Waals surface area contributed by atoms with E-state index in [1.54, 1.807) is 11.3 Å². The van der Waals surface area contributed by atoms with E-state index in [0.29, 0.717) is 0 Å². The Kier molecular flexibility index (Phi) is 1.66. The molecule has 0 amide bonds. The van der Waals surface area contributed by atoms with Gasteiger partial charge in [-0.05, 0) is 28.7 Å². The van der Waals surface area contributed by atoms with Crippen LogP contribution in [0, 0.1) is 3.57 Å². The Morgan fingerprint density at radius 2 is 2.00 bits per heavy atom. The minimum Gasteiger partial charge on any atom is -0.143 e. The Balaban J connectivity index is 2.93. The molecule has 0 N–H and O–H groups in total. The van der Waals surface area contributed by atoms with E-state index in [9.17, 15) is 0 Å². The summed E-state index contributed by atoms with van der Waals surface area (Å²) in [6, 6.07) is 8.47. The third-order valence-corrected chi connectivity index (χ3v) is 3.71. The van der Waals surface area contributed by atoms with Gasteiger partial charge in [-0.15, -0.1) is 11.3 Å². The molecule has 0 unspecified atom stereocenters. The van der Waals surface area contributed by atoms with Crippen LogP contribution in [0.2, 0.25) is 0 Å². The van der Waals surface area contributed by atoms with Crippen molar-refractivity contribution in [3.8, 4) is 0 Å². The van der Waals surface area contributed by atoms with Crippen LogP contribution in [-0.4, -0.2) is 0 Å². The largest absolute Gasteiger partial charge is 0.143 e. The van der Waals surface area contributed by atoms with Gasteiger partial charge in [0.25, 0.3) is 0 Å². The lowest BCUT2D eigenvalue weighted by Crippen LogP contribution is -1.62. The number of thiophene rings is 1. The number of halogens is 1. The summed E-state index contributed by atoms with van der Waals surface area (Å²) >= 11 is 4.17. The highest BCUT2D eigenvalue weighted by Gasteiger charge is 1.96. The highest BCUT2D eigenvalue weighted by Crippen LogP contribution is 2.26. The molecule has 0 nitrogen and oxygen atoms in total. The van der Waals surface area contributed by atoms with E-state index in [1.807, 2.05) is 0 Å². The van der Waals surface area contributed by atoms with E-state index in [2.05, 4.69) is 52.2 Å². The Hall–Kier alpha value is -0.0900. The number of hydrogen-bond acceptors (Lipinski definition) is 1. The molecule has 2 aromatic rings. The Labute approximate surface area is 77.0 Å². The molecule has 1 heterocycles. The summed E-state index contributed by atoms with van der Waals surface area (Å²) in [7, 11) is 0. The maximum atomic E-state index is 2.36. The van der Waals surface area contributed by atoms with Gasteiger partial charge in [0.2, 0.25) is 0 Å². The molecule has 1 aromatic heterocycles. The van der Waals surface area contributed by atoms with Crippen LogP contribution in [0.25, 0.3) is 10.1 Å². The molecular weight excluding hydrogens is 255 g/mol. The van der Waals surface area contributed by atoms with Gasteiger partial charge < -0.3 is 0 Å². The second kappa shape index (κ2) is 2.51.